The average Bonchev–Trinajstić information content (AvgIpc) is 3.62. The van der Waals surface area contributed by atoms with Crippen molar-refractivity contribution in [2.45, 2.75) is 193 Å². The Labute approximate surface area is 292 Å². The van der Waals surface area contributed by atoms with Gasteiger partial charge in [-0.15, -0.1) is 0 Å². The maximum absolute atomic E-state index is 10.4. The number of aromatic nitrogens is 4. The molecule has 0 radical (unpaired) electrons. The number of imidazole rings is 2. The molecule has 0 fully saturated rings. The standard InChI is InChI=1S/C36H68N4O2.2BrH/c1-3-5-7-9-11-13-15-19-23-35(41)31-39-29-27-37(33-39)25-21-17-18-22-26-38-28-30-40(34-38)32-36(42)24-20-16-14-12-10-8-6-4-2;;/h27-30,33-36,41-42H,3-26,31-32H2,1-2H3;2*1H/q+2;;/p-2. The van der Waals surface area contributed by atoms with Crippen molar-refractivity contribution in [1.29, 1.82) is 0 Å². The van der Waals surface area contributed by atoms with Crippen molar-refractivity contribution >= 4 is 0 Å². The summed E-state index contributed by atoms with van der Waals surface area (Å²) in [7, 11) is 0. The van der Waals surface area contributed by atoms with E-state index < -0.39 is 0 Å². The number of hydrogen-bond acceptors (Lipinski definition) is 2. The van der Waals surface area contributed by atoms with Crippen LogP contribution >= 0.6 is 0 Å². The SMILES string of the molecule is CCCCCCCCCCC(O)C[n+]1ccn(CCCCCCn2cc[n+](CC(O)CCCCCCCCCC)c2)c1.[Br-].[Br-]. The molecular weight excluding hydrogens is 680 g/mol. The van der Waals surface area contributed by atoms with E-state index in [9.17, 15) is 10.2 Å². The molecule has 0 amide bonds. The average molecular weight is 749 g/mol. The second kappa shape index (κ2) is 29.7. The molecule has 0 spiro atoms. The van der Waals surface area contributed by atoms with Crippen molar-refractivity contribution in [3.05, 3.63) is 37.4 Å². The first-order chi connectivity index (χ1) is 20.6. The number of hydrogen-bond donors (Lipinski definition) is 2. The predicted octanol–water partition coefficient (Wildman–Crippen LogP) is 1.92. The first kappa shape index (κ1) is 43.3. The number of nitrogens with zero attached hydrogens (tertiary/aromatic N) is 4. The Morgan fingerprint density at radius 2 is 0.795 bits per heavy atom. The molecule has 2 rings (SSSR count). The minimum Gasteiger partial charge on any atom is -1.00 e. The highest BCUT2D eigenvalue weighted by Crippen LogP contribution is 2.12. The van der Waals surface area contributed by atoms with E-state index in [1.54, 1.807) is 0 Å². The zero-order valence-corrected chi connectivity index (χ0v) is 31.6. The summed E-state index contributed by atoms with van der Waals surface area (Å²) in [6.07, 6.45) is 40.0. The van der Waals surface area contributed by atoms with Gasteiger partial charge in [-0.25, -0.2) is 18.3 Å². The van der Waals surface area contributed by atoms with E-state index in [-0.39, 0.29) is 46.2 Å². The van der Waals surface area contributed by atoms with Crippen LogP contribution < -0.4 is 43.1 Å². The molecule has 0 aliphatic rings. The molecule has 0 aromatic carbocycles. The van der Waals surface area contributed by atoms with Gasteiger partial charge in [0, 0.05) is 0 Å². The van der Waals surface area contributed by atoms with Gasteiger partial charge in [0.15, 0.2) is 0 Å². The molecule has 0 aliphatic heterocycles. The van der Waals surface area contributed by atoms with Crippen LogP contribution in [0.15, 0.2) is 37.4 Å². The van der Waals surface area contributed by atoms with Crippen LogP contribution in [0, 0.1) is 0 Å². The van der Waals surface area contributed by atoms with Gasteiger partial charge in [-0.05, 0) is 38.5 Å². The second-order valence-electron chi connectivity index (χ2n) is 12.9. The molecular formula is C36H68Br2N4O2. The number of unbranched alkanes of at least 4 members (excludes halogenated alkanes) is 17. The quantitative estimate of drug-likeness (QED) is 0.0989. The van der Waals surface area contributed by atoms with Crippen molar-refractivity contribution in [3.63, 3.8) is 0 Å². The molecule has 8 heteroatoms. The van der Waals surface area contributed by atoms with E-state index >= 15 is 0 Å². The van der Waals surface area contributed by atoms with E-state index in [1.165, 1.54) is 116 Å². The zero-order valence-electron chi connectivity index (χ0n) is 28.4. The number of aliphatic hydroxyl groups is 2. The Morgan fingerprint density at radius 3 is 1.16 bits per heavy atom. The number of rotatable bonds is 29. The largest absolute Gasteiger partial charge is 1.00 e. The summed E-state index contributed by atoms with van der Waals surface area (Å²) in [6.45, 7) is 8.03. The molecule has 2 N–H and O–H groups in total. The Balaban J connectivity index is 0.00000924. The van der Waals surface area contributed by atoms with Crippen LogP contribution in [0.1, 0.15) is 155 Å². The fraction of sp³-hybridized carbons (Fsp3) is 0.833. The van der Waals surface area contributed by atoms with Crippen molar-refractivity contribution in [1.82, 2.24) is 9.13 Å². The molecule has 2 heterocycles. The van der Waals surface area contributed by atoms with Gasteiger partial charge in [0.25, 0.3) is 0 Å². The maximum atomic E-state index is 10.4. The lowest BCUT2D eigenvalue weighted by Crippen LogP contribution is -3.00. The fourth-order valence-electron chi connectivity index (χ4n) is 6.00. The van der Waals surface area contributed by atoms with E-state index in [0.29, 0.717) is 13.1 Å². The highest BCUT2D eigenvalue weighted by molar-refractivity contribution is 4.68. The zero-order chi connectivity index (χ0) is 30.1. The van der Waals surface area contributed by atoms with E-state index in [2.05, 4.69) is 69.6 Å². The predicted molar refractivity (Wildman–Crippen MR) is 174 cm³/mol. The van der Waals surface area contributed by atoms with E-state index in [0.717, 1.165) is 38.8 Å². The summed E-state index contributed by atoms with van der Waals surface area (Å²) in [5.74, 6) is 0. The first-order valence-corrected chi connectivity index (χ1v) is 18.1. The van der Waals surface area contributed by atoms with Gasteiger partial charge < -0.3 is 44.2 Å². The van der Waals surface area contributed by atoms with Gasteiger partial charge in [-0.1, -0.05) is 117 Å². The Morgan fingerprint density at radius 1 is 0.477 bits per heavy atom. The molecule has 44 heavy (non-hydrogen) atoms. The highest BCUT2D eigenvalue weighted by atomic mass is 79.9. The van der Waals surface area contributed by atoms with E-state index in [1.807, 2.05) is 0 Å². The molecule has 2 aromatic rings. The smallest absolute Gasteiger partial charge is 0.243 e. The molecule has 0 aliphatic carbocycles. The van der Waals surface area contributed by atoms with Gasteiger partial charge in [0.05, 0.1) is 25.3 Å². The molecule has 0 bridgehead atoms. The second-order valence-corrected chi connectivity index (χ2v) is 12.9. The van der Waals surface area contributed by atoms with Crippen molar-refractivity contribution < 1.29 is 53.3 Å². The molecule has 258 valence electrons. The van der Waals surface area contributed by atoms with Crippen LogP contribution in [0.4, 0.5) is 0 Å². The Bertz CT molecular complexity index is 806. The molecule has 6 nitrogen and oxygen atoms in total. The third-order valence-corrected chi connectivity index (χ3v) is 8.70. The highest BCUT2D eigenvalue weighted by Gasteiger charge is 2.12. The molecule has 2 atom stereocenters. The Hall–Kier alpha value is -0.700. The van der Waals surface area contributed by atoms with Gasteiger partial charge in [-0.3, -0.25) is 0 Å². The molecule has 2 unspecified atom stereocenters. The first-order valence-electron chi connectivity index (χ1n) is 18.1. The topological polar surface area (TPSA) is 58.1 Å². The van der Waals surface area contributed by atoms with Crippen molar-refractivity contribution in [2.75, 3.05) is 0 Å². The summed E-state index contributed by atoms with van der Waals surface area (Å²) in [5, 5.41) is 20.9. The van der Waals surface area contributed by atoms with Crippen molar-refractivity contribution in [2.24, 2.45) is 0 Å². The molecule has 0 saturated heterocycles. The summed E-state index contributed by atoms with van der Waals surface area (Å²) in [5.41, 5.74) is 0. The summed E-state index contributed by atoms with van der Waals surface area (Å²) < 4.78 is 8.81. The maximum Gasteiger partial charge on any atom is 0.243 e. The van der Waals surface area contributed by atoms with Crippen molar-refractivity contribution in [3.8, 4) is 0 Å². The number of aliphatic hydroxyl groups excluding tert-OH is 2. The van der Waals surface area contributed by atoms with E-state index in [4.69, 9.17) is 0 Å². The lowest BCUT2D eigenvalue weighted by Gasteiger charge is -2.08. The van der Waals surface area contributed by atoms with Crippen LogP contribution in [0.5, 0.6) is 0 Å². The van der Waals surface area contributed by atoms with Crippen LogP contribution in [0.3, 0.4) is 0 Å². The minimum absolute atomic E-state index is 0. The van der Waals surface area contributed by atoms with Gasteiger partial charge in [0.2, 0.25) is 12.7 Å². The Kier molecular flexibility index (Phi) is 29.2. The van der Waals surface area contributed by atoms with Crippen LogP contribution in [-0.4, -0.2) is 31.6 Å². The summed E-state index contributed by atoms with van der Waals surface area (Å²) in [6, 6.07) is 0. The lowest BCUT2D eigenvalue weighted by molar-refractivity contribution is -0.703. The van der Waals surface area contributed by atoms with Crippen LogP contribution in [-0.2, 0) is 26.2 Å². The summed E-state index contributed by atoms with van der Waals surface area (Å²) in [4.78, 5) is 0. The molecule has 0 saturated carbocycles. The lowest BCUT2D eigenvalue weighted by atomic mass is 10.1. The van der Waals surface area contributed by atoms with Crippen LogP contribution in [0.25, 0.3) is 0 Å². The third-order valence-electron chi connectivity index (χ3n) is 8.70. The minimum atomic E-state index is -0.239. The summed E-state index contributed by atoms with van der Waals surface area (Å²) >= 11 is 0. The third kappa shape index (κ3) is 22.7. The van der Waals surface area contributed by atoms with Gasteiger partial charge >= 0.3 is 0 Å². The van der Waals surface area contributed by atoms with Gasteiger partial charge in [-0.2, -0.15) is 0 Å². The van der Waals surface area contributed by atoms with Crippen LogP contribution in [0.2, 0.25) is 0 Å². The number of aryl methyl sites for hydroxylation is 2. The van der Waals surface area contributed by atoms with Gasteiger partial charge in [0.1, 0.15) is 37.9 Å². The molecule has 2 aromatic heterocycles. The number of halogens is 2. The normalized spacial score (nSPS) is 12.5. The monoisotopic (exact) mass is 746 g/mol. The fourth-order valence-corrected chi connectivity index (χ4v) is 6.00.